The Labute approximate surface area is 148 Å². The van der Waals surface area contributed by atoms with Gasteiger partial charge in [0.2, 0.25) is 11.8 Å². The smallest absolute Gasteiger partial charge is 0.224 e. The van der Waals surface area contributed by atoms with Gasteiger partial charge in [-0.2, -0.15) is 0 Å². The van der Waals surface area contributed by atoms with Crippen molar-refractivity contribution in [3.8, 4) is 0 Å². The lowest BCUT2D eigenvalue weighted by atomic mass is 10.1. The zero-order valence-electron chi connectivity index (χ0n) is 14.4. The van der Waals surface area contributed by atoms with Gasteiger partial charge in [0.05, 0.1) is 25.7 Å². The van der Waals surface area contributed by atoms with Crippen LogP contribution in [0.25, 0.3) is 0 Å². The number of likely N-dealkylation sites (tertiary alicyclic amines) is 1. The van der Waals surface area contributed by atoms with Gasteiger partial charge in [0.15, 0.2) is 0 Å². The highest BCUT2D eigenvalue weighted by Crippen LogP contribution is 2.12. The van der Waals surface area contributed by atoms with Gasteiger partial charge in [0.25, 0.3) is 0 Å². The summed E-state index contributed by atoms with van der Waals surface area (Å²) in [6.07, 6.45) is 0.690. The number of nitrogens with two attached hydrogens (primary N) is 1. The van der Waals surface area contributed by atoms with E-state index in [0.29, 0.717) is 31.6 Å². The van der Waals surface area contributed by atoms with Crippen LogP contribution in [0.5, 0.6) is 0 Å². The molecule has 0 bridgehead atoms. The minimum atomic E-state index is -0.0986. The Morgan fingerprint density at radius 2 is 1.92 bits per heavy atom. The Morgan fingerprint density at radius 3 is 2.64 bits per heavy atom. The van der Waals surface area contributed by atoms with Crippen molar-refractivity contribution in [1.82, 2.24) is 15.1 Å². The second-order valence-corrected chi connectivity index (χ2v) is 6.68. The van der Waals surface area contributed by atoms with Crippen LogP contribution in [0, 0.1) is 0 Å². The number of morpholine rings is 1. The maximum atomic E-state index is 12.2. The molecule has 1 aromatic carbocycles. The van der Waals surface area contributed by atoms with E-state index in [1.54, 1.807) is 12.1 Å². The van der Waals surface area contributed by atoms with Crippen molar-refractivity contribution >= 4 is 17.5 Å². The number of carbonyl (C=O) groups excluding carboxylic acids is 2. The first kappa shape index (κ1) is 17.7. The normalized spacial score (nSPS) is 21.5. The minimum absolute atomic E-state index is 0.0578. The van der Waals surface area contributed by atoms with Gasteiger partial charge in [-0.15, -0.1) is 0 Å². The van der Waals surface area contributed by atoms with Crippen molar-refractivity contribution in [2.45, 2.75) is 18.9 Å². The fraction of sp³-hybridized carbons (Fsp3) is 0.556. The highest BCUT2D eigenvalue weighted by Gasteiger charge is 2.30. The molecule has 1 atom stereocenters. The topological polar surface area (TPSA) is 87.9 Å². The average molecular weight is 346 g/mol. The van der Waals surface area contributed by atoms with E-state index < -0.39 is 0 Å². The van der Waals surface area contributed by atoms with Crippen molar-refractivity contribution in [1.29, 1.82) is 0 Å². The Morgan fingerprint density at radius 1 is 1.20 bits per heavy atom. The van der Waals surface area contributed by atoms with E-state index >= 15 is 0 Å². The summed E-state index contributed by atoms with van der Waals surface area (Å²) in [5.74, 6) is 0.0589. The number of hydrogen-bond donors (Lipinski definition) is 2. The molecule has 2 amide bonds. The van der Waals surface area contributed by atoms with Crippen LogP contribution < -0.4 is 11.1 Å². The fourth-order valence-corrected chi connectivity index (χ4v) is 3.27. The molecule has 2 aliphatic heterocycles. The van der Waals surface area contributed by atoms with E-state index in [0.717, 1.165) is 38.4 Å². The third-order valence-corrected chi connectivity index (χ3v) is 4.71. The van der Waals surface area contributed by atoms with Crippen LogP contribution in [0.4, 0.5) is 5.69 Å². The number of nitrogens with one attached hydrogen (secondary N) is 1. The molecule has 1 aromatic rings. The SMILES string of the molecule is Nc1ccc(CC(=O)NC2CC(=O)N(CCN3CCOCC3)C2)cc1. The summed E-state index contributed by atoms with van der Waals surface area (Å²) in [7, 11) is 0. The standard InChI is InChI=1S/C18H26N4O3/c19-15-3-1-14(2-4-15)11-17(23)20-16-12-18(24)22(13-16)6-5-21-7-9-25-10-8-21/h1-4,16H,5-13,19H2,(H,20,23). The first-order valence-electron chi connectivity index (χ1n) is 8.82. The van der Waals surface area contributed by atoms with Crippen LogP contribution in [-0.2, 0) is 20.7 Å². The number of benzene rings is 1. The van der Waals surface area contributed by atoms with Crippen molar-refractivity contribution in [3.05, 3.63) is 29.8 Å². The molecule has 7 nitrogen and oxygen atoms in total. The second-order valence-electron chi connectivity index (χ2n) is 6.68. The van der Waals surface area contributed by atoms with Crippen LogP contribution >= 0.6 is 0 Å². The summed E-state index contributed by atoms with van der Waals surface area (Å²) in [6.45, 7) is 5.53. The van der Waals surface area contributed by atoms with Crippen molar-refractivity contribution < 1.29 is 14.3 Å². The molecule has 2 saturated heterocycles. The molecule has 0 aliphatic carbocycles. The first-order valence-corrected chi connectivity index (χ1v) is 8.82. The number of amides is 2. The predicted octanol–water partition coefficient (Wildman–Crippen LogP) is -0.139. The molecule has 25 heavy (non-hydrogen) atoms. The zero-order valence-corrected chi connectivity index (χ0v) is 14.4. The summed E-state index contributed by atoms with van der Waals surface area (Å²) in [4.78, 5) is 28.5. The van der Waals surface area contributed by atoms with E-state index in [9.17, 15) is 9.59 Å². The average Bonchev–Trinajstić information content (AvgIpc) is 2.95. The van der Waals surface area contributed by atoms with Crippen LogP contribution in [0.3, 0.4) is 0 Å². The lowest BCUT2D eigenvalue weighted by Gasteiger charge is -2.28. The Balaban J connectivity index is 1.42. The molecule has 0 aromatic heterocycles. The molecule has 2 fully saturated rings. The first-order chi connectivity index (χ1) is 12.1. The molecular formula is C18H26N4O3. The van der Waals surface area contributed by atoms with Gasteiger partial charge >= 0.3 is 0 Å². The molecule has 0 radical (unpaired) electrons. The largest absolute Gasteiger partial charge is 0.399 e. The molecule has 3 N–H and O–H groups in total. The third kappa shape index (κ3) is 5.17. The fourth-order valence-electron chi connectivity index (χ4n) is 3.27. The highest BCUT2D eigenvalue weighted by atomic mass is 16.5. The van der Waals surface area contributed by atoms with Crippen molar-refractivity contribution in [2.75, 3.05) is 51.7 Å². The van der Waals surface area contributed by atoms with E-state index in [1.165, 1.54) is 0 Å². The summed E-state index contributed by atoms with van der Waals surface area (Å²) in [5, 5.41) is 2.97. The van der Waals surface area contributed by atoms with Gasteiger partial charge in [-0.05, 0) is 17.7 Å². The Hall–Kier alpha value is -2.12. The number of anilines is 1. The molecule has 1 unspecified atom stereocenters. The highest BCUT2D eigenvalue weighted by molar-refractivity contribution is 5.83. The lowest BCUT2D eigenvalue weighted by molar-refractivity contribution is -0.128. The monoisotopic (exact) mass is 346 g/mol. The van der Waals surface area contributed by atoms with Gasteiger partial charge < -0.3 is 20.7 Å². The van der Waals surface area contributed by atoms with Crippen LogP contribution in [0.15, 0.2) is 24.3 Å². The summed E-state index contributed by atoms with van der Waals surface area (Å²) < 4.78 is 5.33. The lowest BCUT2D eigenvalue weighted by Crippen LogP contribution is -2.43. The van der Waals surface area contributed by atoms with Gasteiger partial charge in [0, 0.05) is 44.8 Å². The molecule has 2 heterocycles. The molecular weight excluding hydrogens is 320 g/mol. The molecule has 0 spiro atoms. The molecule has 2 aliphatic rings. The second kappa shape index (κ2) is 8.31. The van der Waals surface area contributed by atoms with Gasteiger partial charge in [-0.3, -0.25) is 14.5 Å². The number of ether oxygens (including phenoxy) is 1. The van der Waals surface area contributed by atoms with Crippen molar-refractivity contribution in [2.24, 2.45) is 0 Å². The predicted molar refractivity (Wildman–Crippen MR) is 94.9 cm³/mol. The van der Waals surface area contributed by atoms with Crippen LogP contribution in [0.2, 0.25) is 0 Å². The van der Waals surface area contributed by atoms with E-state index in [4.69, 9.17) is 10.5 Å². The minimum Gasteiger partial charge on any atom is -0.399 e. The molecule has 3 rings (SSSR count). The number of carbonyl (C=O) groups is 2. The molecule has 0 saturated carbocycles. The van der Waals surface area contributed by atoms with E-state index in [2.05, 4.69) is 10.2 Å². The van der Waals surface area contributed by atoms with Gasteiger partial charge in [-0.1, -0.05) is 12.1 Å². The number of nitrogen functional groups attached to an aromatic ring is 1. The summed E-state index contributed by atoms with van der Waals surface area (Å²) >= 11 is 0. The molecule has 7 heteroatoms. The third-order valence-electron chi connectivity index (χ3n) is 4.71. The van der Waals surface area contributed by atoms with Crippen molar-refractivity contribution in [3.63, 3.8) is 0 Å². The van der Waals surface area contributed by atoms with E-state index in [1.807, 2.05) is 17.0 Å². The van der Waals surface area contributed by atoms with Gasteiger partial charge in [-0.25, -0.2) is 0 Å². The zero-order chi connectivity index (χ0) is 17.6. The van der Waals surface area contributed by atoms with Crippen LogP contribution in [0.1, 0.15) is 12.0 Å². The Bertz CT molecular complexity index is 599. The quantitative estimate of drug-likeness (QED) is 0.700. The number of hydrogen-bond acceptors (Lipinski definition) is 5. The summed E-state index contributed by atoms with van der Waals surface area (Å²) in [5.41, 5.74) is 7.25. The van der Waals surface area contributed by atoms with E-state index in [-0.39, 0.29) is 17.9 Å². The number of rotatable bonds is 6. The number of nitrogens with zero attached hydrogens (tertiary/aromatic N) is 2. The maximum Gasteiger partial charge on any atom is 0.224 e. The van der Waals surface area contributed by atoms with Gasteiger partial charge in [0.1, 0.15) is 0 Å². The Kier molecular flexibility index (Phi) is 5.88. The molecule has 136 valence electrons. The van der Waals surface area contributed by atoms with Crippen LogP contribution in [-0.4, -0.2) is 73.6 Å². The summed E-state index contributed by atoms with van der Waals surface area (Å²) in [6, 6.07) is 7.18. The maximum absolute atomic E-state index is 12.2.